The van der Waals surface area contributed by atoms with E-state index in [1.807, 2.05) is 26.0 Å². The molecule has 0 aromatic heterocycles. The van der Waals surface area contributed by atoms with Crippen LogP contribution in [0.3, 0.4) is 0 Å². The van der Waals surface area contributed by atoms with E-state index >= 15 is 0 Å². The van der Waals surface area contributed by atoms with Crippen LogP contribution in [0.25, 0.3) is 0 Å². The highest BCUT2D eigenvalue weighted by Gasteiger charge is 2.24. The first-order valence-electron chi connectivity index (χ1n) is 7.31. The number of hydrazone groups is 1. The van der Waals surface area contributed by atoms with Crippen LogP contribution >= 0.6 is 0 Å². The first kappa shape index (κ1) is 16.7. The third-order valence-corrected chi connectivity index (χ3v) is 3.43. The number of ether oxygens (including phenoxy) is 1. The average molecular weight is 317 g/mol. The van der Waals surface area contributed by atoms with Gasteiger partial charge in [-0.15, -0.1) is 0 Å². The summed E-state index contributed by atoms with van der Waals surface area (Å²) < 4.78 is 5.09. The van der Waals surface area contributed by atoms with Gasteiger partial charge in [0.2, 0.25) is 5.91 Å². The number of carbonyl (C=O) groups excluding carboxylic acids is 3. The Morgan fingerprint density at radius 2 is 2.04 bits per heavy atom. The van der Waals surface area contributed by atoms with Crippen LogP contribution in [0.5, 0.6) is 0 Å². The molecule has 0 spiro atoms. The van der Waals surface area contributed by atoms with Crippen molar-refractivity contribution in [1.29, 1.82) is 0 Å². The molecule has 1 aromatic rings. The summed E-state index contributed by atoms with van der Waals surface area (Å²) in [5.41, 5.74) is 5.02. The summed E-state index contributed by atoms with van der Waals surface area (Å²) in [6.07, 6.45) is -0.587. The molecule has 0 unspecified atom stereocenters. The molecule has 1 aliphatic heterocycles. The van der Waals surface area contributed by atoms with E-state index in [1.54, 1.807) is 6.07 Å². The first-order valence-corrected chi connectivity index (χ1v) is 7.31. The highest BCUT2D eigenvalue weighted by Crippen LogP contribution is 2.16. The normalized spacial score (nSPS) is 15.3. The third kappa shape index (κ3) is 4.38. The standard InChI is InChI=1S/C16H19N3O4/c1-9-4-5-12(10(2)8-9)17-15(21)11(3)23-16(22)13-6-7-14(20)19-18-13/h4-5,8,11H,6-7H2,1-3H3,(H,17,21)(H,19,20)/t11-/m0/s1. The maximum absolute atomic E-state index is 12.1. The third-order valence-electron chi connectivity index (χ3n) is 3.43. The van der Waals surface area contributed by atoms with Gasteiger partial charge >= 0.3 is 5.97 Å². The van der Waals surface area contributed by atoms with Gasteiger partial charge in [0, 0.05) is 18.5 Å². The van der Waals surface area contributed by atoms with Gasteiger partial charge in [0.1, 0.15) is 5.71 Å². The Balaban J connectivity index is 1.94. The van der Waals surface area contributed by atoms with Crippen molar-refractivity contribution in [3.63, 3.8) is 0 Å². The van der Waals surface area contributed by atoms with Crippen molar-refractivity contribution in [2.24, 2.45) is 5.10 Å². The number of benzene rings is 1. The van der Waals surface area contributed by atoms with Gasteiger partial charge in [-0.2, -0.15) is 5.10 Å². The lowest BCUT2D eigenvalue weighted by Gasteiger charge is -2.16. The number of nitrogens with zero attached hydrogens (tertiary/aromatic N) is 1. The highest BCUT2D eigenvalue weighted by molar-refractivity contribution is 6.37. The van der Waals surface area contributed by atoms with E-state index in [-0.39, 0.29) is 24.5 Å². The summed E-state index contributed by atoms with van der Waals surface area (Å²) in [6, 6.07) is 5.64. The Morgan fingerprint density at radius 1 is 1.30 bits per heavy atom. The zero-order valence-corrected chi connectivity index (χ0v) is 13.3. The van der Waals surface area contributed by atoms with Gasteiger partial charge in [0.05, 0.1) is 0 Å². The maximum atomic E-state index is 12.1. The van der Waals surface area contributed by atoms with E-state index in [9.17, 15) is 14.4 Å². The number of anilines is 1. The lowest BCUT2D eigenvalue weighted by molar-refractivity contribution is -0.146. The highest BCUT2D eigenvalue weighted by atomic mass is 16.5. The van der Waals surface area contributed by atoms with Crippen LogP contribution in [-0.2, 0) is 19.1 Å². The Hall–Kier alpha value is -2.70. The Labute approximate surface area is 134 Å². The van der Waals surface area contributed by atoms with Gasteiger partial charge in [-0.05, 0) is 32.4 Å². The monoisotopic (exact) mass is 317 g/mol. The van der Waals surface area contributed by atoms with Crippen LogP contribution in [-0.4, -0.2) is 29.6 Å². The summed E-state index contributed by atoms with van der Waals surface area (Å²) >= 11 is 0. The maximum Gasteiger partial charge on any atom is 0.355 e. The smallest absolute Gasteiger partial charge is 0.355 e. The molecule has 2 rings (SSSR count). The minimum Gasteiger partial charge on any atom is -0.448 e. The van der Waals surface area contributed by atoms with E-state index in [0.29, 0.717) is 5.69 Å². The van der Waals surface area contributed by atoms with Crippen LogP contribution in [0.15, 0.2) is 23.3 Å². The molecule has 0 fully saturated rings. The number of amides is 2. The van der Waals surface area contributed by atoms with Crippen molar-refractivity contribution < 1.29 is 19.1 Å². The van der Waals surface area contributed by atoms with Crippen molar-refractivity contribution in [2.45, 2.75) is 39.7 Å². The van der Waals surface area contributed by atoms with Crippen LogP contribution in [0.4, 0.5) is 5.69 Å². The average Bonchev–Trinajstić information content (AvgIpc) is 2.50. The molecule has 1 aromatic carbocycles. The Kier molecular flexibility index (Phi) is 5.10. The van der Waals surface area contributed by atoms with Crippen molar-refractivity contribution in [2.75, 3.05) is 5.32 Å². The van der Waals surface area contributed by atoms with E-state index in [0.717, 1.165) is 11.1 Å². The second-order valence-electron chi connectivity index (χ2n) is 5.45. The van der Waals surface area contributed by atoms with Gasteiger partial charge < -0.3 is 10.1 Å². The van der Waals surface area contributed by atoms with Crippen LogP contribution < -0.4 is 10.7 Å². The molecule has 23 heavy (non-hydrogen) atoms. The van der Waals surface area contributed by atoms with E-state index in [4.69, 9.17) is 4.74 Å². The molecule has 0 bridgehead atoms. The predicted octanol–water partition coefficient (Wildman–Crippen LogP) is 1.44. The molecule has 1 heterocycles. The quantitative estimate of drug-likeness (QED) is 0.821. The topological polar surface area (TPSA) is 96.9 Å². The number of aryl methyl sites for hydroxylation is 2. The van der Waals surface area contributed by atoms with Gasteiger partial charge in [-0.25, -0.2) is 10.2 Å². The van der Waals surface area contributed by atoms with Gasteiger partial charge in [0.15, 0.2) is 6.10 Å². The van der Waals surface area contributed by atoms with Crippen LogP contribution in [0.2, 0.25) is 0 Å². The Bertz CT molecular complexity index is 682. The SMILES string of the molecule is Cc1ccc(NC(=O)[C@H](C)OC(=O)C2=NNC(=O)CC2)c(C)c1. The molecule has 7 nitrogen and oxygen atoms in total. The molecule has 0 aliphatic carbocycles. The van der Waals surface area contributed by atoms with Gasteiger partial charge in [-0.3, -0.25) is 9.59 Å². The van der Waals surface area contributed by atoms with E-state index in [1.165, 1.54) is 6.92 Å². The largest absolute Gasteiger partial charge is 0.448 e. The number of hydrogen-bond donors (Lipinski definition) is 2. The second-order valence-corrected chi connectivity index (χ2v) is 5.45. The fourth-order valence-electron chi connectivity index (χ4n) is 2.09. The summed E-state index contributed by atoms with van der Waals surface area (Å²) in [6.45, 7) is 5.34. The van der Waals surface area contributed by atoms with E-state index in [2.05, 4.69) is 15.8 Å². The summed E-state index contributed by atoms with van der Waals surface area (Å²) in [5, 5.41) is 6.37. The molecule has 2 amide bonds. The minimum atomic E-state index is -0.969. The molecule has 1 aliphatic rings. The molecular weight excluding hydrogens is 298 g/mol. The van der Waals surface area contributed by atoms with Crippen molar-refractivity contribution in [3.8, 4) is 0 Å². The summed E-state index contributed by atoms with van der Waals surface area (Å²) in [5.74, 6) is -1.37. The van der Waals surface area contributed by atoms with Gasteiger partial charge in [-0.1, -0.05) is 17.7 Å². The first-order chi connectivity index (χ1) is 10.9. The van der Waals surface area contributed by atoms with Crippen LogP contribution in [0, 0.1) is 13.8 Å². The fourth-order valence-corrected chi connectivity index (χ4v) is 2.09. The number of esters is 1. The molecule has 0 saturated carbocycles. The zero-order valence-electron chi connectivity index (χ0n) is 13.3. The summed E-state index contributed by atoms with van der Waals surface area (Å²) in [7, 11) is 0. The number of carbonyl (C=O) groups is 3. The number of rotatable bonds is 4. The summed E-state index contributed by atoms with van der Waals surface area (Å²) in [4.78, 5) is 35.0. The van der Waals surface area contributed by atoms with Crippen molar-refractivity contribution in [3.05, 3.63) is 29.3 Å². The molecular formula is C16H19N3O4. The number of nitrogens with one attached hydrogen (secondary N) is 2. The van der Waals surface area contributed by atoms with Crippen LogP contribution in [0.1, 0.15) is 30.9 Å². The Morgan fingerprint density at radius 3 is 2.65 bits per heavy atom. The van der Waals surface area contributed by atoms with Gasteiger partial charge in [0.25, 0.3) is 5.91 Å². The van der Waals surface area contributed by atoms with E-state index < -0.39 is 18.0 Å². The fraction of sp³-hybridized carbons (Fsp3) is 0.375. The zero-order chi connectivity index (χ0) is 17.0. The molecule has 0 radical (unpaired) electrons. The molecule has 0 saturated heterocycles. The second kappa shape index (κ2) is 7.04. The van der Waals surface area contributed by atoms with Crippen molar-refractivity contribution >= 4 is 29.2 Å². The molecule has 122 valence electrons. The predicted molar refractivity (Wildman–Crippen MR) is 84.9 cm³/mol. The number of hydrogen-bond acceptors (Lipinski definition) is 5. The lowest BCUT2D eigenvalue weighted by atomic mass is 10.1. The molecule has 1 atom stereocenters. The lowest BCUT2D eigenvalue weighted by Crippen LogP contribution is -2.35. The molecule has 7 heteroatoms. The van der Waals surface area contributed by atoms with Crippen molar-refractivity contribution in [1.82, 2.24) is 5.43 Å². The molecule has 2 N–H and O–H groups in total. The minimum absolute atomic E-state index is 0.107.